The van der Waals surface area contributed by atoms with Gasteiger partial charge in [0, 0.05) is 29.4 Å². The van der Waals surface area contributed by atoms with E-state index in [1.165, 1.54) is 4.88 Å². The SMILES string of the molecule is CN=C(NCc1nc(C)c(C)s1)N1CC(C)(C)C1(C)C. The first-order chi connectivity index (χ1) is 9.19. The smallest absolute Gasteiger partial charge is 0.194 e. The van der Waals surface area contributed by atoms with Gasteiger partial charge in [0.15, 0.2) is 5.96 Å². The van der Waals surface area contributed by atoms with Gasteiger partial charge in [-0.2, -0.15) is 0 Å². The molecule has 1 fully saturated rings. The van der Waals surface area contributed by atoms with Gasteiger partial charge in [-0.25, -0.2) is 4.98 Å². The number of likely N-dealkylation sites (tertiary alicyclic amines) is 1. The zero-order valence-corrected chi connectivity index (χ0v) is 14.5. The van der Waals surface area contributed by atoms with Gasteiger partial charge in [-0.15, -0.1) is 11.3 Å². The fraction of sp³-hybridized carbons (Fsp3) is 0.733. The molecule has 20 heavy (non-hydrogen) atoms. The number of rotatable bonds is 2. The van der Waals surface area contributed by atoms with Crippen LogP contribution in [0.4, 0.5) is 0 Å². The van der Waals surface area contributed by atoms with Crippen molar-refractivity contribution in [2.75, 3.05) is 13.6 Å². The molecule has 0 spiro atoms. The van der Waals surface area contributed by atoms with Crippen LogP contribution < -0.4 is 5.32 Å². The van der Waals surface area contributed by atoms with E-state index in [9.17, 15) is 0 Å². The topological polar surface area (TPSA) is 40.5 Å². The Hall–Kier alpha value is -1.10. The van der Waals surface area contributed by atoms with Crippen LogP contribution in [-0.4, -0.2) is 35.0 Å². The van der Waals surface area contributed by atoms with E-state index in [-0.39, 0.29) is 5.54 Å². The van der Waals surface area contributed by atoms with Gasteiger partial charge in [0.1, 0.15) is 5.01 Å². The van der Waals surface area contributed by atoms with Gasteiger partial charge < -0.3 is 10.2 Å². The number of aromatic nitrogens is 1. The van der Waals surface area contributed by atoms with E-state index < -0.39 is 0 Å². The molecule has 0 radical (unpaired) electrons. The Labute approximate surface area is 126 Å². The molecule has 0 aromatic carbocycles. The molecule has 0 unspecified atom stereocenters. The van der Waals surface area contributed by atoms with Crippen molar-refractivity contribution in [2.45, 2.75) is 53.6 Å². The molecule has 2 rings (SSSR count). The van der Waals surface area contributed by atoms with Crippen LogP contribution in [0.3, 0.4) is 0 Å². The fourth-order valence-electron chi connectivity index (χ4n) is 2.46. The van der Waals surface area contributed by atoms with E-state index >= 15 is 0 Å². The van der Waals surface area contributed by atoms with Gasteiger partial charge in [-0.3, -0.25) is 4.99 Å². The third-order valence-electron chi connectivity index (χ3n) is 4.82. The molecule has 5 heteroatoms. The maximum atomic E-state index is 4.57. The fourth-order valence-corrected chi connectivity index (χ4v) is 3.34. The van der Waals surface area contributed by atoms with Crippen molar-refractivity contribution >= 4 is 17.3 Å². The molecule has 1 N–H and O–H groups in total. The Balaban J connectivity index is 2.01. The molecule has 0 atom stereocenters. The number of nitrogens with zero attached hydrogens (tertiary/aromatic N) is 3. The highest BCUT2D eigenvalue weighted by Gasteiger charge is 2.53. The highest BCUT2D eigenvalue weighted by molar-refractivity contribution is 7.11. The maximum Gasteiger partial charge on any atom is 0.194 e. The van der Waals surface area contributed by atoms with Crippen molar-refractivity contribution in [1.29, 1.82) is 0 Å². The van der Waals surface area contributed by atoms with E-state index in [1.54, 1.807) is 11.3 Å². The van der Waals surface area contributed by atoms with Gasteiger partial charge >= 0.3 is 0 Å². The minimum atomic E-state index is 0.129. The van der Waals surface area contributed by atoms with Crippen LogP contribution in [0, 0.1) is 19.3 Å². The van der Waals surface area contributed by atoms with E-state index in [1.807, 2.05) is 7.05 Å². The number of guanidine groups is 1. The second-order valence-corrected chi connectivity index (χ2v) is 7.97. The summed E-state index contributed by atoms with van der Waals surface area (Å²) in [4.78, 5) is 12.6. The number of aliphatic imine (C=N–C) groups is 1. The first kappa shape index (κ1) is 15.3. The molecule has 4 nitrogen and oxygen atoms in total. The molecular weight excluding hydrogens is 268 g/mol. The summed E-state index contributed by atoms with van der Waals surface area (Å²) in [5.74, 6) is 0.972. The Morgan fingerprint density at radius 1 is 1.35 bits per heavy atom. The Morgan fingerprint density at radius 3 is 2.40 bits per heavy atom. The van der Waals surface area contributed by atoms with Gasteiger partial charge in [-0.05, 0) is 27.7 Å². The average Bonchev–Trinajstić information content (AvgIpc) is 2.68. The zero-order chi connectivity index (χ0) is 15.1. The molecule has 2 heterocycles. The molecule has 1 aromatic rings. The summed E-state index contributed by atoms with van der Waals surface area (Å²) in [7, 11) is 1.85. The molecule has 1 aromatic heterocycles. The standard InChI is InChI=1S/C15H26N4S/c1-10-11(2)20-12(18-10)8-17-13(16-7)19-9-14(3,4)15(19,5)6/h8-9H2,1-7H3,(H,16,17). The van der Waals surface area contributed by atoms with Crippen LogP contribution in [-0.2, 0) is 6.54 Å². The van der Waals surface area contributed by atoms with E-state index in [2.05, 4.69) is 61.7 Å². The quantitative estimate of drug-likeness (QED) is 0.673. The van der Waals surface area contributed by atoms with Crippen molar-refractivity contribution in [3.05, 3.63) is 15.6 Å². The highest BCUT2D eigenvalue weighted by atomic mass is 32.1. The summed E-state index contributed by atoms with van der Waals surface area (Å²) >= 11 is 1.76. The summed E-state index contributed by atoms with van der Waals surface area (Å²) in [6, 6.07) is 0. The maximum absolute atomic E-state index is 4.57. The Kier molecular flexibility index (Phi) is 3.84. The second-order valence-electron chi connectivity index (χ2n) is 6.68. The van der Waals surface area contributed by atoms with Crippen molar-refractivity contribution in [3.8, 4) is 0 Å². The summed E-state index contributed by atoms with van der Waals surface area (Å²) in [6.07, 6.45) is 0. The van der Waals surface area contributed by atoms with Crippen LogP contribution in [0.2, 0.25) is 0 Å². The minimum Gasteiger partial charge on any atom is -0.350 e. The molecule has 1 aliphatic heterocycles. The molecular formula is C15H26N4S. The lowest BCUT2D eigenvalue weighted by Gasteiger charge is -2.62. The lowest BCUT2D eigenvalue weighted by atomic mass is 9.65. The van der Waals surface area contributed by atoms with Crippen LogP contribution in [0.5, 0.6) is 0 Å². The molecule has 1 aliphatic rings. The summed E-state index contributed by atoms with van der Waals surface area (Å²) in [5, 5.41) is 4.57. The summed E-state index contributed by atoms with van der Waals surface area (Å²) in [6.45, 7) is 15.1. The normalized spacial score (nSPS) is 20.8. The van der Waals surface area contributed by atoms with Crippen molar-refractivity contribution in [2.24, 2.45) is 10.4 Å². The first-order valence-corrected chi connectivity index (χ1v) is 7.92. The largest absolute Gasteiger partial charge is 0.350 e. The second kappa shape index (κ2) is 5.02. The zero-order valence-electron chi connectivity index (χ0n) is 13.7. The third kappa shape index (κ3) is 2.43. The highest BCUT2D eigenvalue weighted by Crippen LogP contribution is 2.46. The average molecular weight is 294 g/mol. The molecule has 112 valence electrons. The number of thiazole rings is 1. The van der Waals surface area contributed by atoms with E-state index in [0.29, 0.717) is 5.41 Å². The molecule has 0 saturated carbocycles. The van der Waals surface area contributed by atoms with E-state index in [0.717, 1.165) is 29.8 Å². The first-order valence-electron chi connectivity index (χ1n) is 7.10. The molecule has 0 aliphatic carbocycles. The predicted molar refractivity (Wildman–Crippen MR) is 86.4 cm³/mol. The van der Waals surface area contributed by atoms with E-state index in [4.69, 9.17) is 0 Å². The lowest BCUT2D eigenvalue weighted by molar-refractivity contribution is -0.0667. The Bertz CT molecular complexity index is 508. The van der Waals surface area contributed by atoms with Crippen LogP contribution >= 0.6 is 11.3 Å². The minimum absolute atomic E-state index is 0.129. The van der Waals surface area contributed by atoms with Gasteiger partial charge in [0.05, 0.1) is 12.2 Å². The van der Waals surface area contributed by atoms with Crippen molar-refractivity contribution in [1.82, 2.24) is 15.2 Å². The van der Waals surface area contributed by atoms with Gasteiger partial charge in [-0.1, -0.05) is 13.8 Å². The Morgan fingerprint density at radius 2 is 2.00 bits per heavy atom. The molecule has 1 saturated heterocycles. The lowest BCUT2D eigenvalue weighted by Crippen LogP contribution is -2.72. The monoisotopic (exact) mass is 294 g/mol. The number of hydrogen-bond acceptors (Lipinski definition) is 3. The number of hydrogen-bond donors (Lipinski definition) is 1. The predicted octanol–water partition coefficient (Wildman–Crippen LogP) is 2.96. The van der Waals surface area contributed by atoms with Crippen molar-refractivity contribution in [3.63, 3.8) is 0 Å². The number of nitrogens with one attached hydrogen (secondary N) is 1. The van der Waals surface area contributed by atoms with Crippen LogP contribution in [0.15, 0.2) is 4.99 Å². The van der Waals surface area contributed by atoms with Gasteiger partial charge in [0.25, 0.3) is 0 Å². The summed E-state index contributed by atoms with van der Waals surface area (Å²) < 4.78 is 0. The molecule has 0 bridgehead atoms. The summed E-state index contributed by atoms with van der Waals surface area (Å²) in [5.41, 5.74) is 1.58. The molecule has 0 amide bonds. The third-order valence-corrected chi connectivity index (χ3v) is 5.90. The van der Waals surface area contributed by atoms with Gasteiger partial charge in [0.2, 0.25) is 0 Å². The van der Waals surface area contributed by atoms with Crippen molar-refractivity contribution < 1.29 is 0 Å². The van der Waals surface area contributed by atoms with Crippen LogP contribution in [0.25, 0.3) is 0 Å². The van der Waals surface area contributed by atoms with Crippen LogP contribution in [0.1, 0.15) is 43.3 Å². The number of aryl methyl sites for hydroxylation is 2.